The highest BCUT2D eigenvalue weighted by molar-refractivity contribution is 8.13. The molecule has 0 radical (unpaired) electrons. The van der Waals surface area contributed by atoms with Crippen molar-refractivity contribution in [3.63, 3.8) is 0 Å². The maximum Gasteiger partial charge on any atom is 0.265 e. The van der Waals surface area contributed by atoms with Gasteiger partial charge in [-0.3, -0.25) is 4.79 Å². The lowest BCUT2D eigenvalue weighted by Gasteiger charge is -2.21. The Morgan fingerprint density at radius 1 is 1.38 bits per heavy atom. The van der Waals surface area contributed by atoms with E-state index in [4.69, 9.17) is 20.2 Å². The normalized spacial score (nSPS) is 16.5. The lowest BCUT2D eigenvalue weighted by Crippen LogP contribution is -2.28. The summed E-state index contributed by atoms with van der Waals surface area (Å²) in [5.41, 5.74) is 0.367. The van der Waals surface area contributed by atoms with Gasteiger partial charge in [0.25, 0.3) is 9.05 Å². The van der Waals surface area contributed by atoms with Crippen LogP contribution in [0, 0.1) is 5.92 Å². The number of hydrogen-bond acceptors (Lipinski definition) is 5. The summed E-state index contributed by atoms with van der Waals surface area (Å²) in [6.45, 7) is 1.12. The number of anilines is 1. The summed E-state index contributed by atoms with van der Waals surface area (Å²) in [5, 5.41) is 2.70. The molecule has 1 aromatic rings. The summed E-state index contributed by atoms with van der Waals surface area (Å²) >= 11 is 0. The van der Waals surface area contributed by atoms with Gasteiger partial charge in [0.15, 0.2) is 0 Å². The second-order valence-corrected chi connectivity index (χ2v) is 7.21. The molecule has 116 valence electrons. The summed E-state index contributed by atoms with van der Waals surface area (Å²) in [4.78, 5) is 11.9. The highest BCUT2D eigenvalue weighted by atomic mass is 35.7. The number of methoxy groups -OCH3 is 1. The average Bonchev–Trinajstić information content (AvgIpc) is 2.47. The molecule has 0 aromatic heterocycles. The zero-order valence-corrected chi connectivity index (χ0v) is 13.0. The van der Waals surface area contributed by atoms with Crippen LogP contribution in [0.1, 0.15) is 12.8 Å². The summed E-state index contributed by atoms with van der Waals surface area (Å²) in [5.74, 6) is -0.146. The predicted octanol–water partition coefficient (Wildman–Crippen LogP) is 1.99. The van der Waals surface area contributed by atoms with Crippen molar-refractivity contribution in [3.05, 3.63) is 18.2 Å². The van der Waals surface area contributed by atoms with Gasteiger partial charge < -0.3 is 14.8 Å². The molecule has 1 heterocycles. The molecule has 2 rings (SSSR count). The van der Waals surface area contributed by atoms with E-state index in [-0.39, 0.29) is 22.5 Å². The van der Waals surface area contributed by atoms with Crippen molar-refractivity contribution >= 4 is 31.3 Å². The fraction of sp³-hybridized carbons (Fsp3) is 0.462. The van der Waals surface area contributed by atoms with E-state index in [2.05, 4.69) is 5.32 Å². The Balaban J connectivity index is 2.19. The number of rotatable bonds is 4. The van der Waals surface area contributed by atoms with Crippen LogP contribution in [0.25, 0.3) is 0 Å². The molecular weight excluding hydrogens is 318 g/mol. The minimum atomic E-state index is -3.95. The highest BCUT2D eigenvalue weighted by Crippen LogP contribution is 2.30. The van der Waals surface area contributed by atoms with Crippen molar-refractivity contribution in [2.24, 2.45) is 5.92 Å². The third-order valence-electron chi connectivity index (χ3n) is 3.29. The van der Waals surface area contributed by atoms with Gasteiger partial charge in [0.05, 0.1) is 7.11 Å². The van der Waals surface area contributed by atoms with E-state index in [0.29, 0.717) is 31.7 Å². The van der Waals surface area contributed by atoms with Crippen LogP contribution in [-0.4, -0.2) is 34.6 Å². The first-order chi connectivity index (χ1) is 9.91. The van der Waals surface area contributed by atoms with Crippen LogP contribution in [0.4, 0.5) is 5.69 Å². The van der Waals surface area contributed by atoms with E-state index in [1.54, 1.807) is 6.07 Å². The fourth-order valence-electron chi connectivity index (χ4n) is 2.15. The molecule has 0 aliphatic carbocycles. The van der Waals surface area contributed by atoms with Gasteiger partial charge in [-0.2, -0.15) is 0 Å². The zero-order valence-electron chi connectivity index (χ0n) is 11.5. The first-order valence-electron chi connectivity index (χ1n) is 6.43. The maximum atomic E-state index is 12.1. The van der Waals surface area contributed by atoms with Gasteiger partial charge in [-0.1, -0.05) is 0 Å². The van der Waals surface area contributed by atoms with Crippen LogP contribution in [0.15, 0.2) is 23.1 Å². The second kappa shape index (κ2) is 6.64. The third kappa shape index (κ3) is 4.09. The van der Waals surface area contributed by atoms with Crippen molar-refractivity contribution in [2.75, 3.05) is 25.6 Å². The first kappa shape index (κ1) is 16.1. The van der Waals surface area contributed by atoms with Crippen LogP contribution in [-0.2, 0) is 18.6 Å². The van der Waals surface area contributed by atoms with Crippen molar-refractivity contribution in [3.8, 4) is 5.75 Å². The third-order valence-corrected chi connectivity index (χ3v) is 4.63. The molecule has 0 atom stereocenters. The van der Waals surface area contributed by atoms with Gasteiger partial charge in [0, 0.05) is 35.5 Å². The number of carbonyl (C=O) groups is 1. The molecule has 0 bridgehead atoms. The van der Waals surface area contributed by atoms with Crippen molar-refractivity contribution < 1.29 is 22.7 Å². The van der Waals surface area contributed by atoms with Crippen molar-refractivity contribution in [1.82, 2.24) is 0 Å². The molecule has 1 aliphatic heterocycles. The van der Waals surface area contributed by atoms with Gasteiger partial charge in [0.1, 0.15) is 10.6 Å². The largest absolute Gasteiger partial charge is 0.495 e. The molecule has 21 heavy (non-hydrogen) atoms. The molecular formula is C13H16ClNO5S. The van der Waals surface area contributed by atoms with E-state index < -0.39 is 9.05 Å². The number of nitrogens with one attached hydrogen (secondary N) is 1. The van der Waals surface area contributed by atoms with Crippen LogP contribution in [0.5, 0.6) is 5.75 Å². The molecule has 8 heteroatoms. The van der Waals surface area contributed by atoms with E-state index in [9.17, 15) is 13.2 Å². The Hall–Kier alpha value is -1.31. The van der Waals surface area contributed by atoms with E-state index >= 15 is 0 Å². The predicted molar refractivity (Wildman–Crippen MR) is 78.2 cm³/mol. The molecule has 0 saturated carbocycles. The van der Waals surface area contributed by atoms with E-state index in [1.807, 2.05) is 0 Å². The fourth-order valence-corrected chi connectivity index (χ4v) is 3.17. The number of carbonyl (C=O) groups excluding carboxylic acids is 1. The molecule has 1 aromatic carbocycles. The number of ether oxygens (including phenoxy) is 2. The van der Waals surface area contributed by atoms with Crippen molar-refractivity contribution in [2.45, 2.75) is 17.7 Å². The molecule has 6 nitrogen and oxygen atoms in total. The molecule has 1 saturated heterocycles. The highest BCUT2D eigenvalue weighted by Gasteiger charge is 2.23. The Morgan fingerprint density at radius 2 is 2.05 bits per heavy atom. The maximum absolute atomic E-state index is 12.1. The van der Waals surface area contributed by atoms with Crippen molar-refractivity contribution in [1.29, 1.82) is 0 Å². The molecule has 1 fully saturated rings. The Morgan fingerprint density at radius 3 is 2.62 bits per heavy atom. The van der Waals surface area contributed by atoms with Gasteiger partial charge >= 0.3 is 0 Å². The Kier molecular flexibility index (Phi) is 5.08. The number of hydrogen-bond donors (Lipinski definition) is 1. The van der Waals surface area contributed by atoms with Crippen LogP contribution >= 0.6 is 10.7 Å². The first-order valence-corrected chi connectivity index (χ1v) is 8.74. The second-order valence-electron chi connectivity index (χ2n) is 4.68. The summed E-state index contributed by atoms with van der Waals surface area (Å²) in [7, 11) is 2.76. The molecule has 1 N–H and O–H groups in total. The van der Waals surface area contributed by atoms with Gasteiger partial charge in [-0.25, -0.2) is 8.42 Å². The lowest BCUT2D eigenvalue weighted by atomic mass is 9.99. The van der Waals surface area contributed by atoms with E-state index in [1.165, 1.54) is 19.2 Å². The smallest absolute Gasteiger partial charge is 0.265 e. The van der Waals surface area contributed by atoms with Crippen LogP contribution in [0.2, 0.25) is 0 Å². The minimum absolute atomic E-state index is 0.128. The molecule has 0 spiro atoms. The Bertz CT molecular complexity index is 625. The standard InChI is InChI=1S/C13H16ClNO5S/c1-19-11-3-2-10(8-12(11)21(14,17)18)15-13(16)9-4-6-20-7-5-9/h2-3,8-9H,4-7H2,1H3,(H,15,16). The summed E-state index contributed by atoms with van der Waals surface area (Å²) in [6.07, 6.45) is 1.31. The van der Waals surface area contributed by atoms with Gasteiger partial charge in [-0.05, 0) is 31.0 Å². The summed E-state index contributed by atoms with van der Waals surface area (Å²) < 4.78 is 33.2. The SMILES string of the molecule is COc1ccc(NC(=O)C2CCOCC2)cc1S(=O)(=O)Cl. The molecule has 0 unspecified atom stereocenters. The monoisotopic (exact) mass is 333 g/mol. The number of benzene rings is 1. The van der Waals surface area contributed by atoms with Crippen LogP contribution < -0.4 is 10.1 Å². The number of amides is 1. The van der Waals surface area contributed by atoms with Crippen LogP contribution in [0.3, 0.4) is 0 Å². The topological polar surface area (TPSA) is 81.7 Å². The number of halogens is 1. The summed E-state index contributed by atoms with van der Waals surface area (Å²) in [6, 6.07) is 4.31. The molecule has 1 aliphatic rings. The quantitative estimate of drug-likeness (QED) is 0.852. The van der Waals surface area contributed by atoms with Gasteiger partial charge in [-0.15, -0.1) is 0 Å². The van der Waals surface area contributed by atoms with E-state index in [0.717, 1.165) is 0 Å². The average molecular weight is 334 g/mol. The molecule has 1 amide bonds. The van der Waals surface area contributed by atoms with Gasteiger partial charge in [0.2, 0.25) is 5.91 Å². The zero-order chi connectivity index (χ0) is 15.5. The Labute approximate surface area is 127 Å². The minimum Gasteiger partial charge on any atom is -0.495 e. The lowest BCUT2D eigenvalue weighted by molar-refractivity contribution is -0.122.